The molecule has 1 atom stereocenters. The minimum Gasteiger partial charge on any atom is -0.373 e. The third-order valence-electron chi connectivity index (χ3n) is 5.57. The first-order valence-corrected chi connectivity index (χ1v) is 10.4. The molecule has 4 rings (SSSR count). The van der Waals surface area contributed by atoms with Crippen LogP contribution in [0.3, 0.4) is 0 Å². The predicted octanol–water partition coefficient (Wildman–Crippen LogP) is 3.76. The molecule has 3 aromatic rings. The number of benzene rings is 1. The van der Waals surface area contributed by atoms with Gasteiger partial charge in [0.05, 0.1) is 30.5 Å². The molecule has 1 aliphatic rings. The van der Waals surface area contributed by atoms with E-state index in [1.807, 2.05) is 41.8 Å². The van der Waals surface area contributed by atoms with Gasteiger partial charge in [-0.05, 0) is 31.9 Å². The number of aromatic nitrogens is 2. The van der Waals surface area contributed by atoms with Gasteiger partial charge < -0.3 is 24.5 Å². The van der Waals surface area contributed by atoms with E-state index >= 15 is 0 Å². The van der Waals surface area contributed by atoms with Crippen LogP contribution in [-0.4, -0.2) is 28.1 Å². The van der Waals surface area contributed by atoms with Crippen LogP contribution in [0.5, 0.6) is 0 Å². The van der Waals surface area contributed by atoms with Crippen molar-refractivity contribution in [3.05, 3.63) is 70.4 Å². The Kier molecular flexibility index (Phi) is 5.90. The third kappa shape index (κ3) is 4.11. The summed E-state index contributed by atoms with van der Waals surface area (Å²) in [5, 5.41) is 9.84. The first kappa shape index (κ1) is 20.9. The standard InChI is InChI=1S/C23H26N4O4/c1-4-18(16-8-6-5-7-9-16)24-22(28)17-12-19(27-10-11-30-13-20(17)27)23(29)25-21-14(2)26-31-15(21)3/h5-9,12,18H,4,10-11,13H2,1-3H3,(H,24,28)(H,25,29)/t18-/m1/s1. The van der Waals surface area contributed by atoms with Gasteiger partial charge in [0.15, 0.2) is 5.76 Å². The lowest BCUT2D eigenvalue weighted by Gasteiger charge is -2.20. The number of hydrogen-bond donors (Lipinski definition) is 2. The van der Waals surface area contributed by atoms with E-state index in [0.717, 1.165) is 12.0 Å². The molecule has 8 nitrogen and oxygen atoms in total. The summed E-state index contributed by atoms with van der Waals surface area (Å²) < 4.78 is 12.6. The molecule has 0 bridgehead atoms. The molecule has 3 heterocycles. The summed E-state index contributed by atoms with van der Waals surface area (Å²) in [5.41, 5.74) is 3.77. The van der Waals surface area contributed by atoms with Crippen molar-refractivity contribution in [3.8, 4) is 0 Å². The van der Waals surface area contributed by atoms with Crippen LogP contribution in [0.2, 0.25) is 0 Å². The van der Waals surface area contributed by atoms with Gasteiger partial charge in [0, 0.05) is 6.54 Å². The average molecular weight is 422 g/mol. The second-order valence-corrected chi connectivity index (χ2v) is 7.59. The van der Waals surface area contributed by atoms with Crippen LogP contribution in [0.1, 0.15) is 62.9 Å². The zero-order valence-electron chi connectivity index (χ0n) is 17.9. The molecule has 2 amide bonds. The highest BCUT2D eigenvalue weighted by molar-refractivity contribution is 6.06. The van der Waals surface area contributed by atoms with E-state index in [2.05, 4.69) is 15.8 Å². The van der Waals surface area contributed by atoms with Gasteiger partial charge in [-0.2, -0.15) is 0 Å². The minimum atomic E-state index is -0.313. The van der Waals surface area contributed by atoms with Gasteiger partial charge in [-0.15, -0.1) is 0 Å². The number of nitrogens with zero attached hydrogens (tertiary/aromatic N) is 2. The molecule has 1 aliphatic heterocycles. The van der Waals surface area contributed by atoms with Crippen LogP contribution < -0.4 is 10.6 Å². The SMILES string of the molecule is CC[C@@H](NC(=O)c1cc(C(=O)Nc2c(C)noc2C)n2c1COCC2)c1ccccc1. The Bertz CT molecular complexity index is 1080. The molecule has 2 aromatic heterocycles. The quantitative estimate of drug-likeness (QED) is 0.630. The maximum absolute atomic E-state index is 13.2. The van der Waals surface area contributed by atoms with Crippen molar-refractivity contribution in [2.24, 2.45) is 0 Å². The number of nitrogens with one attached hydrogen (secondary N) is 2. The molecular formula is C23H26N4O4. The second-order valence-electron chi connectivity index (χ2n) is 7.59. The molecule has 0 saturated carbocycles. The summed E-state index contributed by atoms with van der Waals surface area (Å²) in [6.45, 7) is 6.80. The first-order chi connectivity index (χ1) is 15.0. The summed E-state index contributed by atoms with van der Waals surface area (Å²) in [7, 11) is 0. The fourth-order valence-corrected chi connectivity index (χ4v) is 3.89. The number of hydrogen-bond acceptors (Lipinski definition) is 5. The molecule has 0 saturated heterocycles. The lowest BCUT2D eigenvalue weighted by molar-refractivity contribution is 0.0787. The molecule has 2 N–H and O–H groups in total. The van der Waals surface area contributed by atoms with Gasteiger partial charge in [0.25, 0.3) is 11.8 Å². The highest BCUT2D eigenvalue weighted by Gasteiger charge is 2.28. The Hall–Kier alpha value is -3.39. The zero-order valence-corrected chi connectivity index (χ0v) is 17.9. The third-order valence-corrected chi connectivity index (χ3v) is 5.57. The Labute approximate surface area is 180 Å². The summed E-state index contributed by atoms with van der Waals surface area (Å²) in [4.78, 5) is 26.2. The number of amides is 2. The number of rotatable bonds is 6. The molecule has 31 heavy (non-hydrogen) atoms. The van der Waals surface area contributed by atoms with Crippen molar-refractivity contribution in [3.63, 3.8) is 0 Å². The van der Waals surface area contributed by atoms with E-state index in [-0.39, 0.29) is 24.5 Å². The summed E-state index contributed by atoms with van der Waals surface area (Å²) in [6.07, 6.45) is 0.752. The molecule has 0 fully saturated rings. The van der Waals surface area contributed by atoms with Gasteiger partial charge in [0.1, 0.15) is 17.1 Å². The number of fused-ring (bicyclic) bond motifs is 1. The van der Waals surface area contributed by atoms with Crippen molar-refractivity contribution in [1.82, 2.24) is 15.0 Å². The van der Waals surface area contributed by atoms with Crippen molar-refractivity contribution >= 4 is 17.5 Å². The average Bonchev–Trinajstić information content (AvgIpc) is 3.33. The van der Waals surface area contributed by atoms with Crippen LogP contribution >= 0.6 is 0 Å². The van der Waals surface area contributed by atoms with Gasteiger partial charge in [0.2, 0.25) is 0 Å². The van der Waals surface area contributed by atoms with Gasteiger partial charge in [-0.25, -0.2) is 0 Å². The van der Waals surface area contributed by atoms with Crippen LogP contribution in [0.4, 0.5) is 5.69 Å². The summed E-state index contributed by atoms with van der Waals surface area (Å²) in [5.74, 6) is -0.000680. The monoisotopic (exact) mass is 422 g/mol. The molecule has 8 heteroatoms. The smallest absolute Gasteiger partial charge is 0.272 e. The number of carbonyl (C=O) groups is 2. The van der Waals surface area contributed by atoms with E-state index in [0.29, 0.717) is 47.2 Å². The largest absolute Gasteiger partial charge is 0.373 e. The predicted molar refractivity (Wildman–Crippen MR) is 115 cm³/mol. The van der Waals surface area contributed by atoms with Crippen molar-refractivity contribution in [1.29, 1.82) is 0 Å². The summed E-state index contributed by atoms with van der Waals surface area (Å²) in [6, 6.07) is 11.4. The highest BCUT2D eigenvalue weighted by atomic mass is 16.5. The normalized spacial score (nSPS) is 14.0. The van der Waals surface area contributed by atoms with Crippen LogP contribution in [0, 0.1) is 13.8 Å². The molecule has 0 unspecified atom stereocenters. The van der Waals surface area contributed by atoms with Crippen LogP contribution in [-0.2, 0) is 17.9 Å². The number of anilines is 1. The fourth-order valence-electron chi connectivity index (χ4n) is 3.89. The molecule has 0 radical (unpaired) electrons. The fraction of sp³-hybridized carbons (Fsp3) is 0.348. The Morgan fingerprint density at radius 1 is 1.19 bits per heavy atom. The van der Waals surface area contributed by atoms with Crippen molar-refractivity contribution < 1.29 is 18.8 Å². The van der Waals surface area contributed by atoms with Crippen LogP contribution in [0.15, 0.2) is 40.9 Å². The van der Waals surface area contributed by atoms with Crippen molar-refractivity contribution in [2.45, 2.75) is 46.4 Å². The Morgan fingerprint density at radius 3 is 2.65 bits per heavy atom. The minimum absolute atomic E-state index is 0.117. The number of aryl methyl sites for hydroxylation is 2. The van der Waals surface area contributed by atoms with Crippen LogP contribution in [0.25, 0.3) is 0 Å². The van der Waals surface area contributed by atoms with Gasteiger partial charge >= 0.3 is 0 Å². The lowest BCUT2D eigenvalue weighted by Crippen LogP contribution is -2.29. The van der Waals surface area contributed by atoms with Gasteiger partial charge in [-0.1, -0.05) is 42.4 Å². The molecule has 0 aliphatic carbocycles. The first-order valence-electron chi connectivity index (χ1n) is 10.4. The second kappa shape index (κ2) is 8.77. The summed E-state index contributed by atoms with van der Waals surface area (Å²) >= 11 is 0. The number of carbonyl (C=O) groups excluding carboxylic acids is 2. The van der Waals surface area contributed by atoms with Gasteiger partial charge in [-0.3, -0.25) is 9.59 Å². The maximum Gasteiger partial charge on any atom is 0.272 e. The molecule has 1 aromatic carbocycles. The topological polar surface area (TPSA) is 98.4 Å². The Morgan fingerprint density at radius 2 is 1.97 bits per heavy atom. The molecule has 0 spiro atoms. The maximum atomic E-state index is 13.2. The highest BCUT2D eigenvalue weighted by Crippen LogP contribution is 2.25. The van der Waals surface area contributed by atoms with E-state index in [4.69, 9.17) is 9.26 Å². The Balaban J connectivity index is 1.62. The van der Waals surface area contributed by atoms with E-state index in [9.17, 15) is 9.59 Å². The van der Waals surface area contributed by atoms with Crippen molar-refractivity contribution in [2.75, 3.05) is 11.9 Å². The van der Waals surface area contributed by atoms with E-state index in [1.54, 1.807) is 19.9 Å². The molecule has 162 valence electrons. The zero-order chi connectivity index (χ0) is 22.0. The number of ether oxygens (including phenoxy) is 1. The van der Waals surface area contributed by atoms with E-state index < -0.39 is 0 Å². The van der Waals surface area contributed by atoms with E-state index in [1.165, 1.54) is 0 Å². The molecular weight excluding hydrogens is 396 g/mol. The lowest BCUT2D eigenvalue weighted by atomic mass is 10.0.